The predicted molar refractivity (Wildman–Crippen MR) is 104 cm³/mol. The molecular formula is C18H30N4O2S. The normalized spacial score (nSPS) is 18.1. The fourth-order valence-corrected chi connectivity index (χ4v) is 4.19. The molecule has 0 radical (unpaired) electrons. The highest BCUT2D eigenvalue weighted by Gasteiger charge is 2.21. The number of sulfone groups is 1. The van der Waals surface area contributed by atoms with Gasteiger partial charge in [0.15, 0.2) is 15.8 Å². The number of rotatable bonds is 6. The van der Waals surface area contributed by atoms with Crippen LogP contribution in [0.4, 0.5) is 0 Å². The van der Waals surface area contributed by atoms with E-state index in [1.807, 2.05) is 7.05 Å². The van der Waals surface area contributed by atoms with E-state index in [-0.39, 0.29) is 11.5 Å². The second-order valence-corrected chi connectivity index (χ2v) is 8.80. The van der Waals surface area contributed by atoms with Gasteiger partial charge in [-0.2, -0.15) is 0 Å². The van der Waals surface area contributed by atoms with E-state index in [1.165, 1.54) is 11.1 Å². The van der Waals surface area contributed by atoms with E-state index in [9.17, 15) is 8.42 Å². The zero-order valence-corrected chi connectivity index (χ0v) is 16.3. The van der Waals surface area contributed by atoms with Crippen molar-refractivity contribution in [3.05, 3.63) is 35.4 Å². The lowest BCUT2D eigenvalue weighted by molar-refractivity contribution is 0.298. The van der Waals surface area contributed by atoms with Crippen molar-refractivity contribution in [1.29, 1.82) is 0 Å². The second kappa shape index (κ2) is 9.20. The molecule has 1 saturated heterocycles. The van der Waals surface area contributed by atoms with E-state index in [2.05, 4.69) is 51.3 Å². The molecule has 1 N–H and O–H groups in total. The third-order valence-electron chi connectivity index (χ3n) is 4.57. The van der Waals surface area contributed by atoms with Crippen LogP contribution in [-0.2, 0) is 22.8 Å². The van der Waals surface area contributed by atoms with Gasteiger partial charge in [-0.15, -0.1) is 0 Å². The second-order valence-electron chi connectivity index (χ2n) is 6.49. The van der Waals surface area contributed by atoms with Crippen molar-refractivity contribution in [3.8, 4) is 0 Å². The van der Waals surface area contributed by atoms with Gasteiger partial charge in [0.05, 0.1) is 11.5 Å². The molecule has 2 rings (SSSR count). The summed E-state index contributed by atoms with van der Waals surface area (Å²) in [5, 5.41) is 3.36. The number of benzene rings is 1. The molecule has 1 aromatic rings. The molecule has 0 amide bonds. The van der Waals surface area contributed by atoms with Crippen LogP contribution in [0.5, 0.6) is 0 Å². The molecule has 6 nitrogen and oxygen atoms in total. The molecule has 0 atom stereocenters. The first-order chi connectivity index (χ1) is 11.9. The highest BCUT2D eigenvalue weighted by molar-refractivity contribution is 7.91. The molecule has 1 aliphatic rings. The zero-order chi connectivity index (χ0) is 18.3. The summed E-state index contributed by atoms with van der Waals surface area (Å²) in [4.78, 5) is 8.62. The summed E-state index contributed by atoms with van der Waals surface area (Å²) >= 11 is 0. The maximum absolute atomic E-state index is 11.5. The molecule has 1 fully saturated rings. The maximum atomic E-state index is 11.5. The molecule has 1 aromatic carbocycles. The van der Waals surface area contributed by atoms with Crippen LogP contribution in [0.3, 0.4) is 0 Å². The monoisotopic (exact) mass is 366 g/mol. The summed E-state index contributed by atoms with van der Waals surface area (Å²) < 4.78 is 22.9. The Bertz CT molecular complexity index is 657. The lowest BCUT2D eigenvalue weighted by Crippen LogP contribution is -2.46. The molecule has 7 heteroatoms. The Hall–Kier alpha value is -1.60. The Kier molecular flexibility index (Phi) is 7.25. The minimum Gasteiger partial charge on any atom is -0.355 e. The average Bonchev–Trinajstić information content (AvgIpc) is 2.60. The van der Waals surface area contributed by atoms with Crippen molar-refractivity contribution < 1.29 is 8.42 Å². The minimum absolute atomic E-state index is 0.273. The van der Waals surface area contributed by atoms with Crippen LogP contribution in [0.25, 0.3) is 0 Å². The van der Waals surface area contributed by atoms with Gasteiger partial charge in [-0.25, -0.2) is 8.42 Å². The van der Waals surface area contributed by atoms with E-state index in [0.717, 1.165) is 32.0 Å². The Balaban J connectivity index is 1.77. The smallest absolute Gasteiger partial charge is 0.193 e. The lowest BCUT2D eigenvalue weighted by Gasteiger charge is -2.28. The molecule has 140 valence electrons. The van der Waals surface area contributed by atoms with Gasteiger partial charge < -0.3 is 10.2 Å². The molecule has 0 bridgehead atoms. The number of nitrogens with zero attached hydrogens (tertiary/aromatic N) is 3. The van der Waals surface area contributed by atoms with E-state index >= 15 is 0 Å². The van der Waals surface area contributed by atoms with E-state index in [1.54, 1.807) is 7.05 Å². The Morgan fingerprint density at radius 1 is 1.20 bits per heavy atom. The van der Waals surface area contributed by atoms with Crippen LogP contribution in [0.2, 0.25) is 0 Å². The Morgan fingerprint density at radius 2 is 1.80 bits per heavy atom. The first kappa shape index (κ1) is 19.7. The summed E-state index contributed by atoms with van der Waals surface area (Å²) in [5.41, 5.74) is 2.60. The van der Waals surface area contributed by atoms with E-state index < -0.39 is 9.84 Å². The quantitative estimate of drug-likeness (QED) is 0.601. The van der Waals surface area contributed by atoms with Crippen LogP contribution in [0, 0.1) is 0 Å². The van der Waals surface area contributed by atoms with Crippen molar-refractivity contribution >= 4 is 15.8 Å². The largest absolute Gasteiger partial charge is 0.355 e. The van der Waals surface area contributed by atoms with E-state index in [0.29, 0.717) is 13.1 Å². The van der Waals surface area contributed by atoms with Gasteiger partial charge in [-0.1, -0.05) is 31.2 Å². The maximum Gasteiger partial charge on any atom is 0.193 e. The number of guanidine groups is 1. The topological polar surface area (TPSA) is 65.0 Å². The highest BCUT2D eigenvalue weighted by Crippen LogP contribution is 2.07. The van der Waals surface area contributed by atoms with Crippen molar-refractivity contribution in [2.24, 2.45) is 4.99 Å². The van der Waals surface area contributed by atoms with Gasteiger partial charge in [0.25, 0.3) is 0 Å². The standard InChI is InChI=1S/C18H30N4O2S/c1-4-16-5-7-17(8-6-16)15-21(3)18(19-2)20-9-10-22-11-13-25(23,24)14-12-22/h5-8H,4,9-15H2,1-3H3,(H,19,20). The summed E-state index contributed by atoms with van der Waals surface area (Å²) in [7, 11) is 1.000. The molecule has 25 heavy (non-hydrogen) atoms. The van der Waals surface area contributed by atoms with Crippen molar-refractivity contribution in [3.63, 3.8) is 0 Å². The van der Waals surface area contributed by atoms with Gasteiger partial charge in [-0.05, 0) is 17.5 Å². The molecule has 0 spiro atoms. The van der Waals surface area contributed by atoms with Crippen molar-refractivity contribution in [2.75, 3.05) is 51.8 Å². The van der Waals surface area contributed by atoms with Gasteiger partial charge in [-0.3, -0.25) is 9.89 Å². The third kappa shape index (κ3) is 6.32. The van der Waals surface area contributed by atoms with Crippen LogP contribution in [0.1, 0.15) is 18.1 Å². The molecule has 0 aliphatic carbocycles. The van der Waals surface area contributed by atoms with Crippen molar-refractivity contribution in [1.82, 2.24) is 15.1 Å². The summed E-state index contributed by atoms with van der Waals surface area (Å²) in [6.45, 7) is 5.79. The van der Waals surface area contributed by atoms with Gasteiger partial charge in [0, 0.05) is 46.8 Å². The van der Waals surface area contributed by atoms with Crippen molar-refractivity contribution in [2.45, 2.75) is 19.9 Å². The van der Waals surface area contributed by atoms with Crippen LogP contribution < -0.4 is 5.32 Å². The molecular weight excluding hydrogens is 336 g/mol. The Morgan fingerprint density at radius 3 is 2.36 bits per heavy atom. The zero-order valence-electron chi connectivity index (χ0n) is 15.5. The molecule has 0 unspecified atom stereocenters. The average molecular weight is 367 g/mol. The number of aryl methyl sites for hydroxylation is 1. The third-order valence-corrected chi connectivity index (χ3v) is 6.18. The lowest BCUT2D eigenvalue weighted by atomic mass is 10.1. The fourth-order valence-electron chi connectivity index (χ4n) is 2.91. The SMILES string of the molecule is CCc1ccc(CN(C)C(=NC)NCCN2CCS(=O)(=O)CC2)cc1. The van der Waals surface area contributed by atoms with Gasteiger partial charge in [0.2, 0.25) is 0 Å². The molecule has 0 aromatic heterocycles. The minimum atomic E-state index is -2.81. The summed E-state index contributed by atoms with van der Waals surface area (Å²) in [5.74, 6) is 1.40. The predicted octanol–water partition coefficient (Wildman–Crippen LogP) is 0.987. The van der Waals surface area contributed by atoms with Crippen LogP contribution in [-0.4, -0.2) is 76.0 Å². The summed E-state index contributed by atoms with van der Waals surface area (Å²) in [6, 6.07) is 8.67. The molecule has 0 saturated carbocycles. The number of hydrogen-bond donors (Lipinski definition) is 1. The van der Waals surface area contributed by atoms with Gasteiger partial charge >= 0.3 is 0 Å². The molecule has 1 heterocycles. The first-order valence-corrected chi connectivity index (χ1v) is 10.7. The summed E-state index contributed by atoms with van der Waals surface area (Å²) in [6.07, 6.45) is 1.05. The van der Waals surface area contributed by atoms with E-state index in [4.69, 9.17) is 0 Å². The number of hydrogen-bond acceptors (Lipinski definition) is 4. The fraction of sp³-hybridized carbons (Fsp3) is 0.611. The van der Waals surface area contributed by atoms with Crippen LogP contribution in [0.15, 0.2) is 29.3 Å². The van der Waals surface area contributed by atoms with Gasteiger partial charge in [0.1, 0.15) is 0 Å². The number of aliphatic imine (C=N–C) groups is 1. The molecule has 1 aliphatic heterocycles. The Labute approximate surface area is 151 Å². The highest BCUT2D eigenvalue weighted by atomic mass is 32.2. The first-order valence-electron chi connectivity index (χ1n) is 8.86. The van der Waals surface area contributed by atoms with Crippen LogP contribution >= 0.6 is 0 Å². The number of nitrogens with one attached hydrogen (secondary N) is 1.